The van der Waals surface area contributed by atoms with E-state index in [1.54, 1.807) is 31.6 Å². The molecule has 0 atom stereocenters. The van der Waals surface area contributed by atoms with Crippen molar-refractivity contribution in [1.82, 2.24) is 15.0 Å². The van der Waals surface area contributed by atoms with Crippen molar-refractivity contribution >= 4 is 31.6 Å². The van der Waals surface area contributed by atoms with Crippen molar-refractivity contribution in [2.24, 2.45) is 0 Å². The number of fused-ring (bicyclic) bond motifs is 2. The predicted molar refractivity (Wildman–Crippen MR) is 106 cm³/mol. The number of benzene rings is 2. The van der Waals surface area contributed by atoms with Gasteiger partial charge in [0.1, 0.15) is 17.1 Å². The first-order chi connectivity index (χ1) is 13.0. The predicted octanol–water partition coefficient (Wildman–Crippen LogP) is 3.97. The number of hydrogen-bond donors (Lipinski definition) is 1. The Hall–Kier alpha value is -2.93. The molecule has 7 heteroatoms. The monoisotopic (exact) mass is 381 g/mol. The summed E-state index contributed by atoms with van der Waals surface area (Å²) < 4.78 is 31.0. The Morgan fingerprint density at radius 3 is 2.70 bits per heavy atom. The Balaban J connectivity index is 1.97. The minimum absolute atomic E-state index is 0.118. The number of sulfone groups is 1. The summed E-state index contributed by atoms with van der Waals surface area (Å²) in [4.78, 5) is 12.3. The maximum absolute atomic E-state index is 12.7. The van der Waals surface area contributed by atoms with Gasteiger partial charge in [0, 0.05) is 17.0 Å². The number of hydrogen-bond acceptors (Lipinski definition) is 5. The molecule has 6 nitrogen and oxygen atoms in total. The van der Waals surface area contributed by atoms with E-state index >= 15 is 0 Å². The number of nitrogens with one attached hydrogen (secondary N) is 1. The summed E-state index contributed by atoms with van der Waals surface area (Å²) in [6, 6.07) is 10.8. The first-order valence-electron chi connectivity index (χ1n) is 8.67. The van der Waals surface area contributed by atoms with Crippen LogP contribution in [0, 0.1) is 0 Å². The molecular formula is C20H19N3O3S. The van der Waals surface area contributed by atoms with Crippen molar-refractivity contribution < 1.29 is 13.2 Å². The summed E-state index contributed by atoms with van der Waals surface area (Å²) in [6.07, 6.45) is 3.96. The SMILES string of the molecule is CCCS(=O)(=O)c1cccc2c(OC)c(-c3nc4cnccc4[nH]3)ccc12. The third-order valence-electron chi connectivity index (χ3n) is 4.52. The number of imidazole rings is 1. The highest BCUT2D eigenvalue weighted by Crippen LogP contribution is 2.38. The fourth-order valence-electron chi connectivity index (χ4n) is 3.34. The lowest BCUT2D eigenvalue weighted by Gasteiger charge is -2.13. The Bertz CT molecular complexity index is 1210. The molecule has 4 aromatic rings. The lowest BCUT2D eigenvalue weighted by atomic mass is 10.0. The van der Waals surface area contributed by atoms with Gasteiger partial charge in [0.25, 0.3) is 0 Å². The van der Waals surface area contributed by atoms with E-state index in [0.29, 0.717) is 28.3 Å². The second-order valence-corrected chi connectivity index (χ2v) is 8.37. The number of aromatic nitrogens is 3. The molecule has 0 saturated carbocycles. The van der Waals surface area contributed by atoms with Gasteiger partial charge >= 0.3 is 0 Å². The summed E-state index contributed by atoms with van der Waals surface area (Å²) in [5.74, 6) is 1.36. The number of nitrogens with zero attached hydrogens (tertiary/aromatic N) is 2. The van der Waals surface area contributed by atoms with Crippen LogP contribution in [0.25, 0.3) is 33.2 Å². The molecule has 0 bridgehead atoms. The van der Waals surface area contributed by atoms with Gasteiger partial charge in [-0.15, -0.1) is 0 Å². The van der Waals surface area contributed by atoms with Crippen LogP contribution >= 0.6 is 0 Å². The average molecular weight is 381 g/mol. The van der Waals surface area contributed by atoms with Crippen LogP contribution in [0.15, 0.2) is 53.7 Å². The van der Waals surface area contributed by atoms with E-state index in [2.05, 4.69) is 15.0 Å². The number of H-pyrrole nitrogens is 1. The highest BCUT2D eigenvalue weighted by atomic mass is 32.2. The summed E-state index contributed by atoms with van der Waals surface area (Å²) in [5.41, 5.74) is 2.40. The van der Waals surface area contributed by atoms with Gasteiger partial charge in [-0.1, -0.05) is 25.1 Å². The largest absolute Gasteiger partial charge is 0.495 e. The van der Waals surface area contributed by atoms with Gasteiger partial charge in [-0.25, -0.2) is 13.4 Å². The zero-order chi connectivity index (χ0) is 19.0. The van der Waals surface area contributed by atoms with Crippen LogP contribution in [0.2, 0.25) is 0 Å². The van der Waals surface area contributed by atoms with Crippen LogP contribution in [-0.2, 0) is 9.84 Å². The van der Waals surface area contributed by atoms with Crippen molar-refractivity contribution in [2.45, 2.75) is 18.2 Å². The highest BCUT2D eigenvalue weighted by molar-refractivity contribution is 7.91. The first-order valence-corrected chi connectivity index (χ1v) is 10.3. The van der Waals surface area contributed by atoms with Crippen LogP contribution < -0.4 is 4.74 Å². The maximum atomic E-state index is 12.7. The molecule has 0 unspecified atom stereocenters. The maximum Gasteiger partial charge on any atom is 0.178 e. The molecule has 27 heavy (non-hydrogen) atoms. The smallest absolute Gasteiger partial charge is 0.178 e. The highest BCUT2D eigenvalue weighted by Gasteiger charge is 2.20. The molecular weight excluding hydrogens is 362 g/mol. The fourth-order valence-corrected chi connectivity index (χ4v) is 4.90. The van der Waals surface area contributed by atoms with Gasteiger partial charge in [-0.2, -0.15) is 0 Å². The van der Waals surface area contributed by atoms with Gasteiger partial charge in [0.15, 0.2) is 9.84 Å². The van der Waals surface area contributed by atoms with E-state index in [1.165, 1.54) is 0 Å². The minimum atomic E-state index is -3.35. The van der Waals surface area contributed by atoms with Gasteiger partial charge in [0.2, 0.25) is 0 Å². The molecule has 0 radical (unpaired) electrons. The van der Waals surface area contributed by atoms with E-state index in [4.69, 9.17) is 4.74 Å². The Morgan fingerprint density at radius 1 is 1.11 bits per heavy atom. The lowest BCUT2D eigenvalue weighted by Crippen LogP contribution is -2.06. The summed E-state index contributed by atoms with van der Waals surface area (Å²) in [7, 11) is -1.77. The zero-order valence-electron chi connectivity index (χ0n) is 15.1. The molecule has 0 fully saturated rings. The van der Waals surface area contributed by atoms with Crippen LogP contribution in [-0.4, -0.2) is 36.2 Å². The molecule has 2 aromatic carbocycles. The van der Waals surface area contributed by atoms with Gasteiger partial charge in [-0.3, -0.25) is 4.98 Å². The van der Waals surface area contributed by atoms with E-state index in [1.807, 2.05) is 31.2 Å². The first kappa shape index (κ1) is 17.5. The number of pyridine rings is 1. The molecule has 2 heterocycles. The number of ether oxygens (including phenoxy) is 1. The van der Waals surface area contributed by atoms with E-state index in [-0.39, 0.29) is 5.75 Å². The molecule has 0 amide bonds. The van der Waals surface area contributed by atoms with Crippen molar-refractivity contribution in [1.29, 1.82) is 0 Å². The second-order valence-electron chi connectivity index (χ2n) is 6.29. The molecule has 4 rings (SSSR count). The summed E-state index contributed by atoms with van der Waals surface area (Å²) in [5, 5.41) is 1.40. The summed E-state index contributed by atoms with van der Waals surface area (Å²) in [6.45, 7) is 1.86. The fraction of sp³-hybridized carbons (Fsp3) is 0.200. The van der Waals surface area contributed by atoms with Gasteiger partial charge in [-0.05, 0) is 24.6 Å². The Morgan fingerprint density at radius 2 is 1.96 bits per heavy atom. The van der Waals surface area contributed by atoms with Crippen molar-refractivity contribution in [3.8, 4) is 17.1 Å². The summed E-state index contributed by atoms with van der Waals surface area (Å²) >= 11 is 0. The second kappa shape index (κ2) is 6.66. The number of aromatic amines is 1. The minimum Gasteiger partial charge on any atom is -0.495 e. The van der Waals surface area contributed by atoms with Crippen LogP contribution in [0.5, 0.6) is 5.75 Å². The van der Waals surface area contributed by atoms with Gasteiger partial charge in [0.05, 0.1) is 35.0 Å². The van der Waals surface area contributed by atoms with Crippen molar-refractivity contribution in [2.75, 3.05) is 12.9 Å². The number of methoxy groups -OCH3 is 1. The number of rotatable bonds is 5. The molecule has 0 aliphatic heterocycles. The van der Waals surface area contributed by atoms with E-state index in [0.717, 1.165) is 22.0 Å². The van der Waals surface area contributed by atoms with Crippen LogP contribution in [0.4, 0.5) is 0 Å². The standard InChI is InChI=1S/C20H19N3O3S/c1-3-11-27(24,25)18-6-4-5-14-13(18)7-8-15(19(14)26-2)20-22-16-9-10-21-12-17(16)23-20/h4-10,12H,3,11H2,1-2H3,(H,22,23). The zero-order valence-corrected chi connectivity index (χ0v) is 15.9. The van der Waals surface area contributed by atoms with E-state index in [9.17, 15) is 8.42 Å². The topological polar surface area (TPSA) is 84.9 Å². The Kier molecular flexibility index (Phi) is 4.31. The molecule has 138 valence electrons. The average Bonchev–Trinajstić information content (AvgIpc) is 3.10. The van der Waals surface area contributed by atoms with E-state index < -0.39 is 9.84 Å². The van der Waals surface area contributed by atoms with Crippen molar-refractivity contribution in [3.05, 3.63) is 48.8 Å². The quantitative estimate of drug-likeness (QED) is 0.565. The molecule has 2 aromatic heterocycles. The van der Waals surface area contributed by atoms with Crippen LogP contribution in [0.1, 0.15) is 13.3 Å². The molecule has 0 aliphatic carbocycles. The molecule has 0 spiro atoms. The normalized spacial score (nSPS) is 11.9. The Labute approximate surface area is 157 Å². The molecule has 1 N–H and O–H groups in total. The third-order valence-corrected chi connectivity index (χ3v) is 6.50. The lowest BCUT2D eigenvalue weighted by molar-refractivity contribution is 0.421. The van der Waals surface area contributed by atoms with Gasteiger partial charge < -0.3 is 9.72 Å². The third kappa shape index (κ3) is 2.94. The van der Waals surface area contributed by atoms with Crippen molar-refractivity contribution in [3.63, 3.8) is 0 Å². The molecule has 0 aliphatic rings. The molecule has 0 saturated heterocycles. The van der Waals surface area contributed by atoms with Crippen LogP contribution in [0.3, 0.4) is 0 Å².